The van der Waals surface area contributed by atoms with Crippen molar-refractivity contribution in [2.24, 2.45) is 0 Å². The summed E-state index contributed by atoms with van der Waals surface area (Å²) in [6, 6.07) is 11.1. The zero-order valence-electron chi connectivity index (χ0n) is 13.2. The second-order valence-corrected chi connectivity index (χ2v) is 5.41. The van der Waals surface area contributed by atoms with E-state index in [2.05, 4.69) is 5.32 Å². The quantitative estimate of drug-likeness (QED) is 0.861. The minimum absolute atomic E-state index is 0.0424. The smallest absolute Gasteiger partial charge is 0.258 e. The van der Waals surface area contributed by atoms with Crippen LogP contribution in [0.25, 0.3) is 0 Å². The van der Waals surface area contributed by atoms with Crippen LogP contribution in [0.15, 0.2) is 42.5 Å². The number of amides is 1. The Labute approximate surface area is 134 Å². The topological polar surface area (TPSA) is 58.6 Å². The van der Waals surface area contributed by atoms with E-state index in [-0.39, 0.29) is 24.9 Å². The fraction of sp³-hybridized carbons (Fsp3) is 0.278. The largest absolute Gasteiger partial charge is 0.484 e. The maximum Gasteiger partial charge on any atom is 0.258 e. The van der Waals surface area contributed by atoms with E-state index in [0.717, 1.165) is 11.1 Å². The number of ether oxygens (including phenoxy) is 1. The molecule has 2 aromatic carbocycles. The van der Waals surface area contributed by atoms with Gasteiger partial charge in [-0.15, -0.1) is 0 Å². The predicted octanol–water partition coefficient (Wildman–Crippen LogP) is 2.67. The molecule has 1 amide bonds. The Morgan fingerprint density at radius 2 is 1.87 bits per heavy atom. The Hall–Kier alpha value is -2.40. The molecule has 5 heteroatoms. The van der Waals surface area contributed by atoms with Crippen molar-refractivity contribution in [3.05, 3.63) is 65.0 Å². The van der Waals surface area contributed by atoms with Gasteiger partial charge < -0.3 is 15.2 Å². The Kier molecular flexibility index (Phi) is 5.71. The number of carbonyl (C=O) groups excluding carboxylic acids is 1. The highest BCUT2D eigenvalue weighted by atomic mass is 19.1. The SMILES string of the molecule is Cc1ccc(OCC(=O)NCC(O)c2ccc(F)cc2)cc1C. The highest BCUT2D eigenvalue weighted by Crippen LogP contribution is 2.16. The molecule has 0 saturated heterocycles. The summed E-state index contributed by atoms with van der Waals surface area (Å²) in [4.78, 5) is 11.8. The normalized spacial score (nSPS) is 11.8. The monoisotopic (exact) mass is 317 g/mol. The molecule has 2 aromatic rings. The highest BCUT2D eigenvalue weighted by Gasteiger charge is 2.10. The number of aliphatic hydroxyl groups is 1. The first-order chi connectivity index (χ1) is 11.0. The van der Waals surface area contributed by atoms with Crippen molar-refractivity contribution in [1.29, 1.82) is 0 Å². The third-order valence-corrected chi connectivity index (χ3v) is 3.60. The van der Waals surface area contributed by atoms with Crippen LogP contribution in [-0.2, 0) is 4.79 Å². The molecule has 1 atom stereocenters. The number of rotatable bonds is 6. The molecule has 0 aromatic heterocycles. The van der Waals surface area contributed by atoms with Crippen LogP contribution in [0.5, 0.6) is 5.75 Å². The van der Waals surface area contributed by atoms with Crippen molar-refractivity contribution >= 4 is 5.91 Å². The van der Waals surface area contributed by atoms with Gasteiger partial charge in [0.05, 0.1) is 6.10 Å². The number of nitrogens with one attached hydrogen (secondary N) is 1. The third-order valence-electron chi connectivity index (χ3n) is 3.60. The van der Waals surface area contributed by atoms with E-state index in [1.165, 1.54) is 24.3 Å². The first kappa shape index (κ1) is 17.0. The lowest BCUT2D eigenvalue weighted by Gasteiger charge is -2.13. The van der Waals surface area contributed by atoms with Crippen molar-refractivity contribution in [3.8, 4) is 5.75 Å². The Bertz CT molecular complexity index is 670. The summed E-state index contributed by atoms with van der Waals surface area (Å²) < 4.78 is 18.2. The van der Waals surface area contributed by atoms with E-state index in [4.69, 9.17) is 4.74 Å². The molecule has 2 rings (SSSR count). The lowest BCUT2D eigenvalue weighted by atomic mass is 10.1. The molecule has 0 radical (unpaired) electrons. The van der Waals surface area contributed by atoms with Gasteiger partial charge in [0.2, 0.25) is 0 Å². The average molecular weight is 317 g/mol. The Balaban J connectivity index is 1.78. The molecule has 0 bridgehead atoms. The van der Waals surface area contributed by atoms with Crippen LogP contribution in [0.3, 0.4) is 0 Å². The summed E-state index contributed by atoms with van der Waals surface area (Å²) in [6.45, 7) is 3.89. The summed E-state index contributed by atoms with van der Waals surface area (Å²) in [5.74, 6) is -0.0708. The number of hydrogen-bond donors (Lipinski definition) is 2. The lowest BCUT2D eigenvalue weighted by molar-refractivity contribution is -0.123. The van der Waals surface area contributed by atoms with Crippen LogP contribution in [0.1, 0.15) is 22.8 Å². The van der Waals surface area contributed by atoms with Gasteiger partial charge in [-0.2, -0.15) is 0 Å². The molecule has 0 saturated carbocycles. The molecule has 0 heterocycles. The minimum atomic E-state index is -0.888. The van der Waals surface area contributed by atoms with Gasteiger partial charge in [0.25, 0.3) is 5.91 Å². The average Bonchev–Trinajstić information content (AvgIpc) is 2.54. The van der Waals surface area contributed by atoms with E-state index in [1.54, 1.807) is 0 Å². The molecule has 0 aliphatic carbocycles. The standard InChI is InChI=1S/C18H20FNO3/c1-12-3-8-16(9-13(12)2)23-11-18(22)20-10-17(21)14-4-6-15(19)7-5-14/h3-9,17,21H,10-11H2,1-2H3,(H,20,22). The van der Waals surface area contributed by atoms with Crippen LogP contribution >= 0.6 is 0 Å². The fourth-order valence-electron chi connectivity index (χ4n) is 2.02. The minimum Gasteiger partial charge on any atom is -0.484 e. The van der Waals surface area contributed by atoms with Gasteiger partial charge in [0, 0.05) is 6.54 Å². The number of aliphatic hydroxyl groups excluding tert-OH is 1. The maximum atomic E-state index is 12.8. The summed E-state index contributed by atoms with van der Waals surface area (Å²) in [7, 11) is 0. The summed E-state index contributed by atoms with van der Waals surface area (Å²) >= 11 is 0. The summed E-state index contributed by atoms with van der Waals surface area (Å²) in [5.41, 5.74) is 2.79. The van der Waals surface area contributed by atoms with Crippen molar-refractivity contribution in [1.82, 2.24) is 5.32 Å². The second-order valence-electron chi connectivity index (χ2n) is 5.41. The zero-order valence-corrected chi connectivity index (χ0v) is 13.2. The van der Waals surface area contributed by atoms with Crippen molar-refractivity contribution in [2.45, 2.75) is 20.0 Å². The molecular formula is C18H20FNO3. The van der Waals surface area contributed by atoms with E-state index >= 15 is 0 Å². The predicted molar refractivity (Wildman–Crippen MR) is 85.8 cm³/mol. The molecule has 0 aliphatic rings. The second kappa shape index (κ2) is 7.74. The lowest BCUT2D eigenvalue weighted by Crippen LogP contribution is -2.32. The molecule has 23 heavy (non-hydrogen) atoms. The molecule has 122 valence electrons. The van der Waals surface area contributed by atoms with E-state index in [1.807, 2.05) is 32.0 Å². The van der Waals surface area contributed by atoms with Gasteiger partial charge in [-0.05, 0) is 54.8 Å². The summed E-state index contributed by atoms with van der Waals surface area (Å²) in [6.07, 6.45) is -0.888. The van der Waals surface area contributed by atoms with Gasteiger partial charge >= 0.3 is 0 Å². The van der Waals surface area contributed by atoms with Crippen LogP contribution < -0.4 is 10.1 Å². The molecule has 0 spiro atoms. The van der Waals surface area contributed by atoms with Gasteiger partial charge in [-0.3, -0.25) is 4.79 Å². The number of benzene rings is 2. The van der Waals surface area contributed by atoms with Crippen LogP contribution in [0.2, 0.25) is 0 Å². The summed E-state index contributed by atoms with van der Waals surface area (Å²) in [5, 5.41) is 12.5. The van der Waals surface area contributed by atoms with Gasteiger partial charge in [-0.25, -0.2) is 4.39 Å². The van der Waals surface area contributed by atoms with Gasteiger partial charge in [0.1, 0.15) is 11.6 Å². The zero-order chi connectivity index (χ0) is 16.8. The highest BCUT2D eigenvalue weighted by molar-refractivity contribution is 5.77. The van der Waals surface area contributed by atoms with Crippen molar-refractivity contribution in [3.63, 3.8) is 0 Å². The van der Waals surface area contributed by atoms with E-state index < -0.39 is 6.10 Å². The Morgan fingerprint density at radius 1 is 1.17 bits per heavy atom. The van der Waals surface area contributed by atoms with E-state index in [0.29, 0.717) is 11.3 Å². The first-order valence-corrected chi connectivity index (χ1v) is 7.36. The molecule has 1 unspecified atom stereocenters. The fourth-order valence-corrected chi connectivity index (χ4v) is 2.02. The molecule has 2 N–H and O–H groups in total. The van der Waals surface area contributed by atoms with Crippen LogP contribution in [0.4, 0.5) is 4.39 Å². The number of hydrogen-bond acceptors (Lipinski definition) is 3. The van der Waals surface area contributed by atoms with Crippen molar-refractivity contribution < 1.29 is 19.0 Å². The number of aryl methyl sites for hydroxylation is 2. The Morgan fingerprint density at radius 3 is 2.52 bits per heavy atom. The maximum absolute atomic E-state index is 12.8. The van der Waals surface area contributed by atoms with Gasteiger partial charge in [0.15, 0.2) is 6.61 Å². The van der Waals surface area contributed by atoms with Gasteiger partial charge in [-0.1, -0.05) is 18.2 Å². The molecule has 4 nitrogen and oxygen atoms in total. The van der Waals surface area contributed by atoms with Crippen LogP contribution in [0, 0.1) is 19.7 Å². The molecule has 0 fully saturated rings. The third kappa shape index (κ3) is 5.07. The molecular weight excluding hydrogens is 297 g/mol. The number of carbonyl (C=O) groups is 1. The van der Waals surface area contributed by atoms with E-state index in [9.17, 15) is 14.3 Å². The number of halogens is 1. The van der Waals surface area contributed by atoms with Crippen LogP contribution in [-0.4, -0.2) is 24.2 Å². The first-order valence-electron chi connectivity index (χ1n) is 7.36. The molecule has 0 aliphatic heterocycles. The van der Waals surface area contributed by atoms with Crippen molar-refractivity contribution in [2.75, 3.05) is 13.2 Å².